The number of benzene rings is 2. The largest absolute Gasteiger partial charge is 0.487 e. The Balaban J connectivity index is 1.72. The average Bonchev–Trinajstić information content (AvgIpc) is 3.08. The lowest BCUT2D eigenvalue weighted by molar-refractivity contribution is -0.137. The molecule has 0 saturated carbocycles. The zero-order chi connectivity index (χ0) is 24.2. The van der Waals surface area contributed by atoms with E-state index in [1.165, 1.54) is 11.1 Å². The molecule has 0 spiro atoms. The number of hydrogen-bond acceptors (Lipinski definition) is 3. The first-order valence-corrected chi connectivity index (χ1v) is 12.0. The third kappa shape index (κ3) is 6.59. The van der Waals surface area contributed by atoms with E-state index in [9.17, 15) is 9.59 Å². The molecule has 1 aliphatic heterocycles. The summed E-state index contributed by atoms with van der Waals surface area (Å²) in [7, 11) is 0. The summed E-state index contributed by atoms with van der Waals surface area (Å²) in [6, 6.07) is 14.3. The van der Waals surface area contributed by atoms with Gasteiger partial charge in [-0.2, -0.15) is 0 Å². The highest BCUT2D eigenvalue weighted by molar-refractivity contribution is 5.95. The molecule has 0 bridgehead atoms. The summed E-state index contributed by atoms with van der Waals surface area (Å²) in [6.45, 7) is 11.5. The van der Waals surface area contributed by atoms with Crippen molar-refractivity contribution >= 4 is 11.9 Å². The van der Waals surface area contributed by atoms with Crippen molar-refractivity contribution in [3.63, 3.8) is 0 Å². The van der Waals surface area contributed by atoms with E-state index in [-0.39, 0.29) is 24.5 Å². The standard InChI is InChI=1S/C28H37NO4/c1-19(2)12-14-29(15-13-26(30)31)27(32)23-10-11-25-24(16-23)18-28(5,33-25)17-21-6-8-22(9-7-21)20(3)4/h6-11,16,19-20H,12-15,17-18H2,1-5H3,(H,30,31)/t28-/m0/s1. The average molecular weight is 452 g/mol. The van der Waals surface area contributed by atoms with Crippen molar-refractivity contribution in [3.05, 3.63) is 64.7 Å². The van der Waals surface area contributed by atoms with E-state index in [0.29, 0.717) is 23.9 Å². The fraction of sp³-hybridized carbons (Fsp3) is 0.500. The van der Waals surface area contributed by atoms with Crippen molar-refractivity contribution in [1.29, 1.82) is 0 Å². The highest BCUT2D eigenvalue weighted by Crippen LogP contribution is 2.37. The first-order chi connectivity index (χ1) is 15.6. The van der Waals surface area contributed by atoms with Gasteiger partial charge in [-0.05, 0) is 60.1 Å². The van der Waals surface area contributed by atoms with Gasteiger partial charge in [0.2, 0.25) is 0 Å². The number of nitrogens with zero attached hydrogens (tertiary/aromatic N) is 1. The molecule has 2 aromatic rings. The molecule has 0 aromatic heterocycles. The number of hydrogen-bond donors (Lipinski definition) is 1. The lowest BCUT2D eigenvalue weighted by atomic mass is 9.90. The molecular formula is C28H37NO4. The molecule has 33 heavy (non-hydrogen) atoms. The second-order valence-corrected chi connectivity index (χ2v) is 10.2. The van der Waals surface area contributed by atoms with Crippen molar-refractivity contribution < 1.29 is 19.4 Å². The molecule has 1 amide bonds. The van der Waals surface area contributed by atoms with Gasteiger partial charge < -0.3 is 14.7 Å². The molecule has 178 valence electrons. The van der Waals surface area contributed by atoms with E-state index >= 15 is 0 Å². The Bertz CT molecular complexity index is 980. The Morgan fingerprint density at radius 2 is 1.76 bits per heavy atom. The minimum absolute atomic E-state index is 0.0500. The van der Waals surface area contributed by atoms with Gasteiger partial charge in [0.15, 0.2) is 0 Å². The Kier molecular flexibility index (Phi) is 7.83. The molecule has 1 N–H and O–H groups in total. The molecule has 0 fully saturated rings. The van der Waals surface area contributed by atoms with Gasteiger partial charge in [-0.1, -0.05) is 52.0 Å². The Hall–Kier alpha value is -2.82. The summed E-state index contributed by atoms with van der Waals surface area (Å²) >= 11 is 0. The molecule has 3 rings (SSSR count). The van der Waals surface area contributed by atoms with Gasteiger partial charge in [0.05, 0.1) is 6.42 Å². The van der Waals surface area contributed by atoms with Crippen molar-refractivity contribution in [3.8, 4) is 5.75 Å². The predicted octanol–water partition coefficient (Wildman–Crippen LogP) is 5.71. The van der Waals surface area contributed by atoms with Crippen molar-refractivity contribution in [2.24, 2.45) is 5.92 Å². The molecule has 0 radical (unpaired) electrons. The van der Waals surface area contributed by atoms with E-state index in [1.54, 1.807) is 11.0 Å². The zero-order valence-corrected chi connectivity index (χ0v) is 20.6. The molecule has 5 heteroatoms. The van der Waals surface area contributed by atoms with Crippen LogP contribution in [-0.4, -0.2) is 40.6 Å². The van der Waals surface area contributed by atoms with E-state index in [4.69, 9.17) is 9.84 Å². The third-order valence-corrected chi connectivity index (χ3v) is 6.31. The van der Waals surface area contributed by atoms with Gasteiger partial charge >= 0.3 is 5.97 Å². The van der Waals surface area contributed by atoms with Crippen LogP contribution < -0.4 is 4.74 Å². The van der Waals surface area contributed by atoms with E-state index in [0.717, 1.165) is 30.6 Å². The molecule has 0 aliphatic carbocycles. The number of carboxylic acids is 1. The Morgan fingerprint density at radius 3 is 2.36 bits per heavy atom. The van der Waals surface area contributed by atoms with Crippen molar-refractivity contribution in [2.45, 2.75) is 71.8 Å². The number of fused-ring (bicyclic) bond motifs is 1. The van der Waals surface area contributed by atoms with Crippen LogP contribution in [-0.2, 0) is 17.6 Å². The molecular weight excluding hydrogens is 414 g/mol. The third-order valence-electron chi connectivity index (χ3n) is 6.31. The number of carbonyl (C=O) groups excluding carboxylic acids is 1. The number of amides is 1. The lowest BCUT2D eigenvalue weighted by Gasteiger charge is -2.24. The van der Waals surface area contributed by atoms with Crippen LogP contribution in [0.2, 0.25) is 0 Å². The van der Waals surface area contributed by atoms with Gasteiger partial charge in [-0.15, -0.1) is 0 Å². The summed E-state index contributed by atoms with van der Waals surface area (Å²) < 4.78 is 6.33. The van der Waals surface area contributed by atoms with Crippen LogP contribution in [0.15, 0.2) is 42.5 Å². The first kappa shape index (κ1) is 24.8. The van der Waals surface area contributed by atoms with Crippen LogP contribution in [0, 0.1) is 5.92 Å². The molecule has 0 saturated heterocycles. The fourth-order valence-electron chi connectivity index (χ4n) is 4.35. The lowest BCUT2D eigenvalue weighted by Crippen LogP contribution is -2.34. The van der Waals surface area contributed by atoms with Gasteiger partial charge in [0.1, 0.15) is 11.4 Å². The fourth-order valence-corrected chi connectivity index (χ4v) is 4.35. The highest BCUT2D eigenvalue weighted by atomic mass is 16.5. The molecule has 0 unspecified atom stereocenters. The smallest absolute Gasteiger partial charge is 0.305 e. The van der Waals surface area contributed by atoms with Crippen LogP contribution in [0.5, 0.6) is 5.75 Å². The Labute approximate surface area is 197 Å². The molecule has 2 aromatic carbocycles. The van der Waals surface area contributed by atoms with E-state index in [1.807, 2.05) is 12.1 Å². The van der Waals surface area contributed by atoms with Gasteiger partial charge in [0, 0.05) is 31.5 Å². The highest BCUT2D eigenvalue weighted by Gasteiger charge is 2.35. The summed E-state index contributed by atoms with van der Waals surface area (Å²) in [5, 5.41) is 9.09. The van der Waals surface area contributed by atoms with Crippen LogP contribution in [0.3, 0.4) is 0 Å². The van der Waals surface area contributed by atoms with E-state index < -0.39 is 5.97 Å². The molecule has 1 heterocycles. The van der Waals surface area contributed by atoms with Crippen molar-refractivity contribution in [2.75, 3.05) is 13.1 Å². The van der Waals surface area contributed by atoms with Crippen LogP contribution >= 0.6 is 0 Å². The minimum Gasteiger partial charge on any atom is -0.487 e. The summed E-state index contributed by atoms with van der Waals surface area (Å²) in [5.41, 5.74) is 3.83. The number of carboxylic acid groups (broad SMARTS) is 1. The maximum Gasteiger partial charge on any atom is 0.305 e. The van der Waals surface area contributed by atoms with E-state index in [2.05, 4.69) is 58.9 Å². The van der Waals surface area contributed by atoms with Gasteiger partial charge in [-0.25, -0.2) is 0 Å². The van der Waals surface area contributed by atoms with Crippen LogP contribution in [0.25, 0.3) is 0 Å². The second kappa shape index (κ2) is 10.4. The van der Waals surface area contributed by atoms with Crippen LogP contribution in [0.1, 0.15) is 80.4 Å². The molecule has 5 nitrogen and oxygen atoms in total. The number of carbonyl (C=O) groups is 2. The maximum atomic E-state index is 13.2. The SMILES string of the molecule is CC(C)CCN(CCC(=O)O)C(=O)c1ccc2c(c1)C[C@](C)(Cc1ccc(C(C)C)cc1)O2. The monoisotopic (exact) mass is 451 g/mol. The quantitative estimate of drug-likeness (QED) is 0.502. The molecule has 1 atom stereocenters. The summed E-state index contributed by atoms with van der Waals surface area (Å²) in [5.74, 6) is 0.767. The van der Waals surface area contributed by atoms with Crippen LogP contribution in [0.4, 0.5) is 0 Å². The maximum absolute atomic E-state index is 13.2. The second-order valence-electron chi connectivity index (χ2n) is 10.2. The zero-order valence-electron chi connectivity index (χ0n) is 20.6. The number of rotatable bonds is 10. The first-order valence-electron chi connectivity index (χ1n) is 12.0. The topological polar surface area (TPSA) is 66.8 Å². The number of ether oxygens (including phenoxy) is 1. The minimum atomic E-state index is -0.892. The Morgan fingerprint density at radius 1 is 1.06 bits per heavy atom. The van der Waals surface area contributed by atoms with Gasteiger partial charge in [0.25, 0.3) is 5.91 Å². The molecule has 1 aliphatic rings. The number of aliphatic carboxylic acids is 1. The predicted molar refractivity (Wildman–Crippen MR) is 131 cm³/mol. The van der Waals surface area contributed by atoms with Gasteiger partial charge in [-0.3, -0.25) is 9.59 Å². The van der Waals surface area contributed by atoms with Crippen molar-refractivity contribution in [1.82, 2.24) is 4.90 Å². The summed E-state index contributed by atoms with van der Waals surface area (Å²) in [6.07, 6.45) is 2.32. The normalized spacial score (nSPS) is 17.2. The summed E-state index contributed by atoms with van der Waals surface area (Å²) in [4.78, 5) is 25.9.